The Hall–Kier alpha value is -2.60. The Labute approximate surface area is 305 Å². The van der Waals surface area contributed by atoms with Gasteiger partial charge in [-0.3, -0.25) is 4.79 Å². The molecule has 10 nitrogen and oxygen atoms in total. The average molecular weight is 714 g/mol. The largest absolute Gasteiger partial charge is 0.462 e. The summed E-state index contributed by atoms with van der Waals surface area (Å²) in [6.45, 7) is 17.0. The van der Waals surface area contributed by atoms with Gasteiger partial charge >= 0.3 is 5.97 Å². The van der Waals surface area contributed by atoms with Gasteiger partial charge in [-0.1, -0.05) is 88.2 Å². The second kappa shape index (κ2) is 18.0. The lowest BCUT2D eigenvalue weighted by Crippen LogP contribution is -2.59. The number of allylic oxidation sites excluding steroid dienone is 5. The Kier molecular flexibility index (Phi) is 14.5. The van der Waals surface area contributed by atoms with Gasteiger partial charge in [0.1, 0.15) is 36.9 Å². The summed E-state index contributed by atoms with van der Waals surface area (Å²) >= 11 is 0. The first-order valence-electron chi connectivity index (χ1n) is 18.9. The number of aliphatic hydroxyl groups excluding tert-OH is 2. The fourth-order valence-electron chi connectivity index (χ4n) is 8.09. The minimum absolute atomic E-state index is 0.0340. The van der Waals surface area contributed by atoms with Crippen LogP contribution >= 0.6 is 0 Å². The monoisotopic (exact) mass is 713 g/mol. The van der Waals surface area contributed by atoms with Crippen molar-refractivity contribution < 1.29 is 43.9 Å². The average Bonchev–Trinajstić information content (AvgIpc) is 3.40. The number of fused-ring (bicyclic) bond motifs is 2. The topological polar surface area (TPSA) is 136 Å². The molecule has 3 N–H and O–H groups in total. The number of carbonyl (C=O) groups is 1. The van der Waals surface area contributed by atoms with E-state index >= 15 is 0 Å². The quantitative estimate of drug-likeness (QED) is 0.166. The molecular weight excluding hydrogens is 650 g/mol. The Morgan fingerprint density at radius 1 is 1.20 bits per heavy atom. The number of ether oxygens (including phenoxy) is 4. The van der Waals surface area contributed by atoms with E-state index in [9.17, 15) is 15.0 Å². The Morgan fingerprint density at radius 2 is 1.94 bits per heavy atom. The summed E-state index contributed by atoms with van der Waals surface area (Å²) < 4.78 is 26.0. The van der Waals surface area contributed by atoms with Crippen molar-refractivity contribution in [1.82, 2.24) is 0 Å². The molecule has 0 radical (unpaired) electrons. The maximum atomic E-state index is 14.2. The van der Waals surface area contributed by atoms with Crippen molar-refractivity contribution in [3.63, 3.8) is 0 Å². The zero-order chi connectivity index (χ0) is 37.5. The lowest BCUT2D eigenvalue weighted by molar-refractivity contribution is -0.313. The Morgan fingerprint density at radius 3 is 2.59 bits per heavy atom. The predicted octanol–water partition coefficient (Wildman–Crippen LogP) is 6.51. The lowest BCUT2D eigenvalue weighted by atomic mass is 9.71. The number of aliphatic hydroxyl groups is 3. The van der Waals surface area contributed by atoms with Crippen LogP contribution in [0.2, 0.25) is 0 Å². The van der Waals surface area contributed by atoms with Gasteiger partial charge in [-0.05, 0) is 68.6 Å². The van der Waals surface area contributed by atoms with Crippen LogP contribution in [0.25, 0.3) is 0 Å². The fourth-order valence-corrected chi connectivity index (χ4v) is 8.09. The molecule has 3 saturated heterocycles. The van der Waals surface area contributed by atoms with Gasteiger partial charge in [0.2, 0.25) is 0 Å². The van der Waals surface area contributed by atoms with Gasteiger partial charge in [0, 0.05) is 31.8 Å². The van der Waals surface area contributed by atoms with E-state index in [1.165, 1.54) is 5.57 Å². The standard InChI is InChI=1S/C37H53NO8.C4H10O/c1-21(2)14-25(6)33-26(7)31(38-42-8)19-36(46-33)18-29-17-28(45-36)13-12-23(4)15-22(3)10-9-11-27-20-43-34-32(39)24(5)16-30(35(40)44-29)37(27,34)41;1-2-3-4-5/h9-12,14,16,21-22,26,28-30,32-34,39,41H,13,15,17-20H2,1-8H3;5H,2-4H2,1H3/b10-9+,23-12+,25-14+,27-11+,38-31-;/t22-,26-,28+,29-,30-,32+,33+,34+,36-,37+;/m0./s1. The number of unbranched alkanes of at least 4 members (excludes halogenated alkanes) is 1. The zero-order valence-corrected chi connectivity index (χ0v) is 32.3. The van der Waals surface area contributed by atoms with Crippen LogP contribution in [0, 0.1) is 23.7 Å². The molecule has 10 heteroatoms. The van der Waals surface area contributed by atoms with Crippen molar-refractivity contribution in [2.45, 2.75) is 142 Å². The highest BCUT2D eigenvalue weighted by atomic mass is 16.7. The summed E-state index contributed by atoms with van der Waals surface area (Å²) in [5, 5.41) is 35.7. The lowest BCUT2D eigenvalue weighted by Gasteiger charge is -2.50. The van der Waals surface area contributed by atoms with Crippen LogP contribution in [-0.2, 0) is 28.6 Å². The SMILES string of the molecule is CCCCO.CO/N=C1/C[C@]2(C[C@@H]3C[C@@H](C/C=C(\C)C[C@@H](C)/C=C/C=C4\CO[C@@H]5[C@H](O)C(C)=C[C@@H](C(=O)O3)[C@]45O)O2)O[C@H](/C(C)=C/C(C)C)[C@H]1C. The van der Waals surface area contributed by atoms with Crippen LogP contribution < -0.4 is 0 Å². The third-order valence-corrected chi connectivity index (χ3v) is 10.7. The zero-order valence-electron chi connectivity index (χ0n) is 32.3. The summed E-state index contributed by atoms with van der Waals surface area (Å²) in [6.07, 6.45) is 13.5. The molecule has 2 bridgehead atoms. The first-order valence-corrected chi connectivity index (χ1v) is 18.9. The predicted molar refractivity (Wildman–Crippen MR) is 198 cm³/mol. The van der Waals surface area contributed by atoms with Crippen molar-refractivity contribution in [1.29, 1.82) is 0 Å². The normalized spacial score (nSPS) is 41.0. The van der Waals surface area contributed by atoms with Crippen molar-refractivity contribution in [2.24, 2.45) is 28.8 Å². The molecule has 0 saturated carbocycles. The van der Waals surface area contributed by atoms with Crippen LogP contribution in [0.5, 0.6) is 0 Å². The molecule has 0 aromatic heterocycles. The summed E-state index contributed by atoms with van der Waals surface area (Å²) in [6, 6.07) is 0. The highest BCUT2D eigenvalue weighted by Gasteiger charge is 2.60. The number of hydrogen-bond donors (Lipinski definition) is 3. The van der Waals surface area contributed by atoms with Gasteiger partial charge in [-0.2, -0.15) is 0 Å². The first kappa shape index (κ1) is 41.2. The molecule has 0 unspecified atom stereocenters. The van der Waals surface area contributed by atoms with Crippen LogP contribution in [-0.4, -0.2) is 89.2 Å². The summed E-state index contributed by atoms with van der Waals surface area (Å²) in [7, 11) is 1.55. The number of nitrogens with zero attached hydrogens (tertiary/aromatic N) is 1. The van der Waals surface area contributed by atoms with Gasteiger partial charge in [-0.15, -0.1) is 0 Å². The minimum Gasteiger partial charge on any atom is -0.462 e. The maximum absolute atomic E-state index is 14.2. The fraction of sp³-hybridized carbons (Fsp3) is 0.707. The number of carbonyl (C=O) groups excluding carboxylic acids is 1. The number of rotatable bonds is 5. The smallest absolute Gasteiger partial charge is 0.316 e. The molecule has 1 spiro atoms. The third-order valence-electron chi connectivity index (χ3n) is 10.7. The molecule has 51 heavy (non-hydrogen) atoms. The Bertz CT molecular complexity index is 1390. The molecule has 3 fully saturated rings. The molecule has 5 rings (SSSR count). The van der Waals surface area contributed by atoms with E-state index in [1.807, 2.05) is 12.2 Å². The number of hydrogen-bond acceptors (Lipinski definition) is 10. The number of oxime groups is 1. The summed E-state index contributed by atoms with van der Waals surface area (Å²) in [5.74, 6) is -2.15. The maximum Gasteiger partial charge on any atom is 0.316 e. The van der Waals surface area contributed by atoms with Crippen molar-refractivity contribution in [3.8, 4) is 0 Å². The minimum atomic E-state index is -1.74. The molecule has 4 heterocycles. The van der Waals surface area contributed by atoms with Crippen molar-refractivity contribution in [2.75, 3.05) is 20.3 Å². The van der Waals surface area contributed by atoms with Gasteiger partial charge in [0.15, 0.2) is 5.79 Å². The van der Waals surface area contributed by atoms with Crippen LogP contribution in [0.3, 0.4) is 0 Å². The summed E-state index contributed by atoms with van der Waals surface area (Å²) in [5.41, 5.74) is 2.54. The van der Waals surface area contributed by atoms with Gasteiger partial charge in [-0.25, -0.2) is 0 Å². The highest BCUT2D eigenvalue weighted by molar-refractivity contribution is 5.88. The second-order valence-electron chi connectivity index (χ2n) is 15.6. The van der Waals surface area contributed by atoms with Crippen molar-refractivity contribution >= 4 is 11.7 Å². The molecule has 0 aromatic carbocycles. The first-order chi connectivity index (χ1) is 24.2. The van der Waals surface area contributed by atoms with E-state index in [4.69, 9.17) is 28.9 Å². The van der Waals surface area contributed by atoms with Crippen LogP contribution in [0.4, 0.5) is 0 Å². The highest BCUT2D eigenvalue weighted by Crippen LogP contribution is 2.47. The van der Waals surface area contributed by atoms with E-state index < -0.39 is 41.6 Å². The Balaban J connectivity index is 0.00000109. The molecule has 10 atom stereocenters. The molecular formula is C41H63NO9. The third kappa shape index (κ3) is 9.69. The van der Waals surface area contributed by atoms with Crippen molar-refractivity contribution in [3.05, 3.63) is 58.7 Å². The molecule has 0 aromatic rings. The van der Waals surface area contributed by atoms with Crippen LogP contribution in [0.15, 0.2) is 63.9 Å². The van der Waals surface area contributed by atoms with E-state index in [0.29, 0.717) is 49.4 Å². The molecule has 0 amide bonds. The molecule has 1 aliphatic carbocycles. The van der Waals surface area contributed by atoms with E-state index in [1.54, 1.807) is 20.1 Å². The van der Waals surface area contributed by atoms with Gasteiger partial charge in [0.05, 0.1) is 24.5 Å². The van der Waals surface area contributed by atoms with E-state index in [-0.39, 0.29) is 30.7 Å². The van der Waals surface area contributed by atoms with E-state index in [2.05, 4.69) is 71.8 Å². The molecule has 5 aliphatic rings. The van der Waals surface area contributed by atoms with Crippen LogP contribution in [0.1, 0.15) is 100 Å². The van der Waals surface area contributed by atoms with Gasteiger partial charge in [0.25, 0.3) is 0 Å². The summed E-state index contributed by atoms with van der Waals surface area (Å²) in [4.78, 5) is 19.4. The second-order valence-corrected chi connectivity index (χ2v) is 15.6. The number of esters is 1. The molecule has 4 aliphatic heterocycles. The van der Waals surface area contributed by atoms with Gasteiger partial charge < -0.3 is 39.1 Å². The molecule has 286 valence electrons. The van der Waals surface area contributed by atoms with E-state index in [0.717, 1.165) is 30.5 Å².